The molecule has 1 fully saturated rings. The molecule has 1 aliphatic carbocycles. The molecule has 0 aromatic heterocycles. The van der Waals surface area contributed by atoms with Gasteiger partial charge in [0.15, 0.2) is 0 Å². The van der Waals surface area contributed by atoms with Crippen molar-refractivity contribution in [1.82, 2.24) is 4.90 Å². The smallest absolute Gasteiger partial charge is 0.0230 e. The van der Waals surface area contributed by atoms with Crippen LogP contribution in [-0.2, 0) is 6.54 Å². The number of nitrogens with two attached hydrogens (primary N) is 1. The maximum Gasteiger partial charge on any atom is 0.0230 e. The molecule has 0 saturated heterocycles. The van der Waals surface area contributed by atoms with Crippen LogP contribution in [0.2, 0.25) is 0 Å². The summed E-state index contributed by atoms with van der Waals surface area (Å²) in [5.41, 5.74) is 7.64. The molecule has 100 valence electrons. The zero-order valence-electron chi connectivity index (χ0n) is 11.7. The van der Waals surface area contributed by atoms with E-state index in [9.17, 15) is 0 Å². The van der Waals surface area contributed by atoms with Gasteiger partial charge in [-0.2, -0.15) is 0 Å². The summed E-state index contributed by atoms with van der Waals surface area (Å²) in [4.78, 5) is 2.41. The van der Waals surface area contributed by atoms with E-state index in [4.69, 9.17) is 5.73 Å². The maximum atomic E-state index is 6.26. The van der Waals surface area contributed by atoms with E-state index in [0.717, 1.165) is 19.0 Å². The highest BCUT2D eigenvalue weighted by Crippen LogP contribution is 2.28. The van der Waals surface area contributed by atoms with Crippen LogP contribution in [0.15, 0.2) is 30.3 Å². The standard InChI is InChI=1S/C16H26N2/c1-13-8-9-16(17)15(10-13)12-18(2)11-14-6-4-3-5-7-14/h3-7,13,15-16H,8-12,17H2,1-2H3. The fraction of sp³-hybridized carbons (Fsp3) is 0.625. The Morgan fingerprint density at radius 2 is 1.94 bits per heavy atom. The van der Waals surface area contributed by atoms with Crippen LogP contribution in [0.25, 0.3) is 0 Å². The van der Waals surface area contributed by atoms with E-state index in [-0.39, 0.29) is 0 Å². The minimum Gasteiger partial charge on any atom is -0.327 e. The van der Waals surface area contributed by atoms with Crippen molar-refractivity contribution in [1.29, 1.82) is 0 Å². The van der Waals surface area contributed by atoms with E-state index in [1.807, 2.05) is 0 Å². The third kappa shape index (κ3) is 3.82. The van der Waals surface area contributed by atoms with Crippen LogP contribution in [0.1, 0.15) is 31.7 Å². The summed E-state index contributed by atoms with van der Waals surface area (Å²) in [5, 5.41) is 0. The van der Waals surface area contributed by atoms with E-state index < -0.39 is 0 Å². The molecule has 0 bridgehead atoms. The lowest BCUT2D eigenvalue weighted by molar-refractivity contribution is 0.177. The van der Waals surface area contributed by atoms with Gasteiger partial charge in [-0.25, -0.2) is 0 Å². The lowest BCUT2D eigenvalue weighted by Crippen LogP contribution is -2.41. The summed E-state index contributed by atoms with van der Waals surface area (Å²) < 4.78 is 0. The second-order valence-electron chi connectivity index (χ2n) is 6.02. The van der Waals surface area contributed by atoms with Crippen LogP contribution in [0.3, 0.4) is 0 Å². The van der Waals surface area contributed by atoms with Crippen molar-refractivity contribution in [2.45, 2.75) is 38.8 Å². The second kappa shape index (κ2) is 6.35. The minimum absolute atomic E-state index is 0.402. The van der Waals surface area contributed by atoms with E-state index in [1.54, 1.807) is 0 Å². The maximum absolute atomic E-state index is 6.26. The summed E-state index contributed by atoms with van der Waals surface area (Å²) in [5.74, 6) is 1.52. The Labute approximate surface area is 111 Å². The van der Waals surface area contributed by atoms with Gasteiger partial charge >= 0.3 is 0 Å². The summed E-state index contributed by atoms with van der Waals surface area (Å²) in [7, 11) is 2.21. The van der Waals surface area contributed by atoms with E-state index >= 15 is 0 Å². The van der Waals surface area contributed by atoms with Gasteiger partial charge < -0.3 is 10.6 Å². The highest BCUT2D eigenvalue weighted by molar-refractivity contribution is 5.14. The Balaban J connectivity index is 1.85. The summed E-state index contributed by atoms with van der Waals surface area (Å²) in [6, 6.07) is 11.1. The van der Waals surface area contributed by atoms with E-state index in [1.165, 1.54) is 24.8 Å². The predicted molar refractivity (Wildman–Crippen MR) is 77.3 cm³/mol. The average molecular weight is 246 g/mol. The molecule has 0 radical (unpaired) electrons. The first-order valence-electron chi connectivity index (χ1n) is 7.13. The number of hydrogen-bond donors (Lipinski definition) is 1. The van der Waals surface area contributed by atoms with Gasteiger partial charge in [-0.05, 0) is 43.7 Å². The number of benzene rings is 1. The quantitative estimate of drug-likeness (QED) is 0.885. The lowest BCUT2D eigenvalue weighted by Gasteiger charge is -2.35. The van der Waals surface area contributed by atoms with Crippen molar-refractivity contribution in [3.63, 3.8) is 0 Å². The van der Waals surface area contributed by atoms with Crippen LogP contribution < -0.4 is 5.73 Å². The number of hydrogen-bond acceptors (Lipinski definition) is 2. The molecule has 18 heavy (non-hydrogen) atoms. The van der Waals surface area contributed by atoms with Crippen molar-refractivity contribution in [2.24, 2.45) is 17.6 Å². The normalized spacial score (nSPS) is 28.6. The van der Waals surface area contributed by atoms with Crippen molar-refractivity contribution in [3.05, 3.63) is 35.9 Å². The van der Waals surface area contributed by atoms with Crippen LogP contribution in [0.5, 0.6) is 0 Å². The third-order valence-electron chi connectivity index (χ3n) is 4.14. The van der Waals surface area contributed by atoms with E-state index in [2.05, 4.69) is 49.2 Å². The monoisotopic (exact) mass is 246 g/mol. The van der Waals surface area contributed by atoms with Gasteiger partial charge in [0.05, 0.1) is 0 Å². The molecule has 0 heterocycles. The number of nitrogens with zero attached hydrogens (tertiary/aromatic N) is 1. The van der Waals surface area contributed by atoms with Gasteiger partial charge in [0.25, 0.3) is 0 Å². The van der Waals surface area contributed by atoms with Crippen LogP contribution in [-0.4, -0.2) is 24.5 Å². The van der Waals surface area contributed by atoms with Crippen molar-refractivity contribution < 1.29 is 0 Å². The largest absolute Gasteiger partial charge is 0.327 e. The third-order valence-corrected chi connectivity index (χ3v) is 4.14. The molecule has 3 atom stereocenters. The molecule has 0 aliphatic heterocycles. The molecule has 0 spiro atoms. The van der Waals surface area contributed by atoms with Gasteiger partial charge in [0, 0.05) is 19.1 Å². The fourth-order valence-electron chi connectivity index (χ4n) is 3.09. The summed E-state index contributed by atoms with van der Waals surface area (Å²) in [6.07, 6.45) is 3.80. The minimum atomic E-state index is 0.402. The Kier molecular flexibility index (Phi) is 4.79. The predicted octanol–water partition coefficient (Wildman–Crippen LogP) is 2.88. The molecule has 0 amide bonds. The number of rotatable bonds is 4. The molecule has 3 unspecified atom stereocenters. The molecule has 2 N–H and O–H groups in total. The van der Waals surface area contributed by atoms with Crippen molar-refractivity contribution in [3.8, 4) is 0 Å². The Bertz CT molecular complexity index is 349. The fourth-order valence-corrected chi connectivity index (χ4v) is 3.09. The SMILES string of the molecule is CC1CCC(N)C(CN(C)Cc2ccccc2)C1. The van der Waals surface area contributed by atoms with Gasteiger partial charge in [0.1, 0.15) is 0 Å². The van der Waals surface area contributed by atoms with Crippen molar-refractivity contribution in [2.75, 3.05) is 13.6 Å². The molecular formula is C16H26N2. The van der Waals surface area contributed by atoms with Crippen LogP contribution >= 0.6 is 0 Å². The van der Waals surface area contributed by atoms with Gasteiger partial charge in [-0.1, -0.05) is 37.3 Å². The molecule has 1 aromatic carbocycles. The first kappa shape index (κ1) is 13.6. The molecule has 2 nitrogen and oxygen atoms in total. The Morgan fingerprint density at radius 3 is 2.67 bits per heavy atom. The summed E-state index contributed by atoms with van der Waals surface area (Å²) >= 11 is 0. The molecule has 1 aromatic rings. The lowest BCUT2D eigenvalue weighted by atomic mass is 9.79. The highest BCUT2D eigenvalue weighted by atomic mass is 15.1. The zero-order chi connectivity index (χ0) is 13.0. The molecule has 2 rings (SSSR count). The topological polar surface area (TPSA) is 29.3 Å². The molecule has 1 saturated carbocycles. The van der Waals surface area contributed by atoms with Gasteiger partial charge in [-0.3, -0.25) is 0 Å². The van der Waals surface area contributed by atoms with Gasteiger partial charge in [0.2, 0.25) is 0 Å². The van der Waals surface area contributed by atoms with Crippen molar-refractivity contribution >= 4 is 0 Å². The van der Waals surface area contributed by atoms with Crippen LogP contribution in [0.4, 0.5) is 0 Å². The molecule has 2 heteroatoms. The summed E-state index contributed by atoms with van der Waals surface area (Å²) in [6.45, 7) is 4.51. The first-order chi connectivity index (χ1) is 8.65. The average Bonchev–Trinajstić information content (AvgIpc) is 2.35. The zero-order valence-corrected chi connectivity index (χ0v) is 11.7. The van der Waals surface area contributed by atoms with Gasteiger partial charge in [-0.15, -0.1) is 0 Å². The first-order valence-corrected chi connectivity index (χ1v) is 7.13. The highest BCUT2D eigenvalue weighted by Gasteiger charge is 2.26. The second-order valence-corrected chi connectivity index (χ2v) is 6.02. The van der Waals surface area contributed by atoms with E-state index in [0.29, 0.717) is 12.0 Å². The molecule has 1 aliphatic rings. The Morgan fingerprint density at radius 1 is 1.22 bits per heavy atom. The molecular weight excluding hydrogens is 220 g/mol. The van der Waals surface area contributed by atoms with Crippen LogP contribution in [0, 0.1) is 11.8 Å². The Hall–Kier alpha value is -0.860.